The second-order valence-electron chi connectivity index (χ2n) is 4.74. The van der Waals surface area contributed by atoms with Crippen LogP contribution in [0.3, 0.4) is 0 Å². The molecule has 0 aliphatic heterocycles. The van der Waals surface area contributed by atoms with Crippen LogP contribution in [-0.2, 0) is 12.0 Å². The molecule has 1 unspecified atom stereocenters. The first-order valence-electron chi connectivity index (χ1n) is 5.81. The molecule has 3 heteroatoms. The van der Waals surface area contributed by atoms with Gasteiger partial charge >= 0.3 is 0 Å². The Morgan fingerprint density at radius 1 is 1.11 bits per heavy atom. The van der Waals surface area contributed by atoms with Crippen LogP contribution in [0.4, 0.5) is 0 Å². The van der Waals surface area contributed by atoms with Crippen LogP contribution in [0.1, 0.15) is 18.1 Å². The first-order chi connectivity index (χ1) is 8.49. The Kier molecular flexibility index (Phi) is 3.73. The molecule has 0 radical (unpaired) electrons. The van der Waals surface area contributed by atoms with Gasteiger partial charge in [-0.1, -0.05) is 46.3 Å². The zero-order valence-corrected chi connectivity index (χ0v) is 11.8. The van der Waals surface area contributed by atoms with Crippen molar-refractivity contribution in [1.82, 2.24) is 0 Å². The first kappa shape index (κ1) is 13.1. The second-order valence-corrected chi connectivity index (χ2v) is 5.59. The number of benzene rings is 2. The molecule has 3 N–H and O–H groups in total. The molecule has 0 spiro atoms. The fourth-order valence-corrected chi connectivity index (χ4v) is 2.80. The average Bonchev–Trinajstić information content (AvgIpc) is 2.32. The van der Waals surface area contributed by atoms with E-state index >= 15 is 0 Å². The van der Waals surface area contributed by atoms with Crippen molar-refractivity contribution < 1.29 is 5.11 Å². The number of phenols is 1. The predicted octanol–water partition coefficient (Wildman–Crippen LogP) is 3.57. The van der Waals surface area contributed by atoms with Gasteiger partial charge in [0.25, 0.3) is 0 Å². The SMILES string of the molecule is CC(N)(Cc1ccc(O)cc1)c1ccccc1Br. The number of nitrogens with two attached hydrogens (primary N) is 1. The van der Waals surface area contributed by atoms with Crippen LogP contribution >= 0.6 is 15.9 Å². The fraction of sp³-hybridized carbons (Fsp3) is 0.200. The van der Waals surface area contributed by atoms with E-state index in [1.165, 1.54) is 0 Å². The summed E-state index contributed by atoms with van der Waals surface area (Å²) in [6.45, 7) is 2.01. The first-order valence-corrected chi connectivity index (χ1v) is 6.60. The second kappa shape index (κ2) is 5.12. The van der Waals surface area contributed by atoms with E-state index < -0.39 is 5.54 Å². The summed E-state index contributed by atoms with van der Waals surface area (Å²) in [5.41, 5.74) is 8.16. The highest BCUT2D eigenvalue weighted by Gasteiger charge is 2.23. The molecular weight excluding hydrogens is 290 g/mol. The van der Waals surface area contributed by atoms with Crippen LogP contribution in [0, 0.1) is 0 Å². The Hall–Kier alpha value is -1.32. The lowest BCUT2D eigenvalue weighted by Crippen LogP contribution is -2.35. The van der Waals surface area contributed by atoms with Gasteiger partial charge in [0.05, 0.1) is 0 Å². The lowest BCUT2D eigenvalue weighted by Gasteiger charge is -2.26. The number of halogens is 1. The average molecular weight is 306 g/mol. The Labute approximate surface area is 116 Å². The van der Waals surface area contributed by atoms with Crippen molar-refractivity contribution in [3.8, 4) is 5.75 Å². The van der Waals surface area contributed by atoms with Crippen molar-refractivity contribution in [3.63, 3.8) is 0 Å². The molecule has 0 aromatic heterocycles. The van der Waals surface area contributed by atoms with Crippen molar-refractivity contribution in [1.29, 1.82) is 0 Å². The molecule has 0 heterocycles. The largest absolute Gasteiger partial charge is 0.508 e. The molecule has 0 aliphatic carbocycles. The Morgan fingerprint density at radius 3 is 2.33 bits per heavy atom. The fourth-order valence-electron chi connectivity index (χ4n) is 2.06. The molecule has 0 saturated heterocycles. The lowest BCUT2D eigenvalue weighted by atomic mass is 9.86. The zero-order valence-electron chi connectivity index (χ0n) is 10.2. The molecule has 2 rings (SSSR count). The van der Waals surface area contributed by atoms with Crippen molar-refractivity contribution in [3.05, 3.63) is 64.1 Å². The number of aromatic hydroxyl groups is 1. The smallest absolute Gasteiger partial charge is 0.115 e. The molecule has 2 nitrogen and oxygen atoms in total. The van der Waals surface area contributed by atoms with Crippen LogP contribution in [-0.4, -0.2) is 5.11 Å². The van der Waals surface area contributed by atoms with Crippen LogP contribution in [0.5, 0.6) is 5.75 Å². The number of phenolic OH excluding ortho intramolecular Hbond substituents is 1. The maximum Gasteiger partial charge on any atom is 0.115 e. The zero-order chi connectivity index (χ0) is 13.2. The molecule has 1 atom stereocenters. The minimum absolute atomic E-state index is 0.276. The van der Waals surface area contributed by atoms with E-state index in [0.717, 1.165) is 22.0 Å². The van der Waals surface area contributed by atoms with Gasteiger partial charge in [0, 0.05) is 10.0 Å². The van der Waals surface area contributed by atoms with Crippen molar-refractivity contribution >= 4 is 15.9 Å². The number of rotatable bonds is 3. The standard InChI is InChI=1S/C15H16BrNO/c1-15(17,13-4-2-3-5-14(13)16)10-11-6-8-12(18)9-7-11/h2-9,18H,10,17H2,1H3. The Bertz CT molecular complexity index is 534. The van der Waals surface area contributed by atoms with Crippen LogP contribution < -0.4 is 5.73 Å². The molecule has 2 aromatic carbocycles. The summed E-state index contributed by atoms with van der Waals surface area (Å²) < 4.78 is 1.02. The molecule has 18 heavy (non-hydrogen) atoms. The van der Waals surface area contributed by atoms with Gasteiger partial charge in [-0.3, -0.25) is 0 Å². The quantitative estimate of drug-likeness (QED) is 0.910. The maximum absolute atomic E-state index is 9.28. The van der Waals surface area contributed by atoms with E-state index in [9.17, 15) is 5.11 Å². The van der Waals surface area contributed by atoms with Gasteiger partial charge in [-0.25, -0.2) is 0 Å². The summed E-state index contributed by atoms with van der Waals surface area (Å²) in [7, 11) is 0. The minimum atomic E-state index is -0.447. The van der Waals surface area contributed by atoms with E-state index in [1.807, 2.05) is 43.3 Å². The van der Waals surface area contributed by atoms with Crippen LogP contribution in [0.2, 0.25) is 0 Å². The predicted molar refractivity (Wildman–Crippen MR) is 77.5 cm³/mol. The molecule has 0 bridgehead atoms. The van der Waals surface area contributed by atoms with E-state index in [1.54, 1.807) is 12.1 Å². The highest BCUT2D eigenvalue weighted by atomic mass is 79.9. The van der Waals surface area contributed by atoms with Crippen LogP contribution in [0.25, 0.3) is 0 Å². The van der Waals surface area contributed by atoms with E-state index in [2.05, 4.69) is 15.9 Å². The van der Waals surface area contributed by atoms with Gasteiger partial charge in [0.1, 0.15) is 5.75 Å². The van der Waals surface area contributed by atoms with Crippen molar-refractivity contribution in [2.24, 2.45) is 5.73 Å². The summed E-state index contributed by atoms with van der Waals surface area (Å²) in [4.78, 5) is 0. The highest BCUT2D eigenvalue weighted by Crippen LogP contribution is 2.29. The number of hydrogen-bond acceptors (Lipinski definition) is 2. The van der Waals surface area contributed by atoms with Crippen LogP contribution in [0.15, 0.2) is 53.0 Å². The van der Waals surface area contributed by atoms with Gasteiger partial charge in [-0.15, -0.1) is 0 Å². The van der Waals surface area contributed by atoms with Gasteiger partial charge in [0.2, 0.25) is 0 Å². The van der Waals surface area contributed by atoms with E-state index in [-0.39, 0.29) is 5.75 Å². The van der Waals surface area contributed by atoms with Gasteiger partial charge < -0.3 is 10.8 Å². The normalized spacial score (nSPS) is 14.2. The van der Waals surface area contributed by atoms with E-state index in [4.69, 9.17) is 5.73 Å². The molecule has 2 aromatic rings. The monoisotopic (exact) mass is 305 g/mol. The number of hydrogen-bond donors (Lipinski definition) is 2. The summed E-state index contributed by atoms with van der Waals surface area (Å²) in [6, 6.07) is 15.2. The van der Waals surface area contributed by atoms with E-state index in [0.29, 0.717) is 0 Å². The minimum Gasteiger partial charge on any atom is -0.508 e. The molecule has 0 fully saturated rings. The third-order valence-electron chi connectivity index (χ3n) is 3.00. The molecule has 0 saturated carbocycles. The molecule has 0 amide bonds. The third-order valence-corrected chi connectivity index (χ3v) is 3.69. The van der Waals surface area contributed by atoms with Crippen molar-refractivity contribution in [2.75, 3.05) is 0 Å². The summed E-state index contributed by atoms with van der Waals surface area (Å²) in [5, 5.41) is 9.28. The molecule has 94 valence electrons. The van der Waals surface area contributed by atoms with Gasteiger partial charge in [-0.05, 0) is 42.7 Å². The maximum atomic E-state index is 9.28. The Balaban J connectivity index is 2.27. The van der Waals surface area contributed by atoms with Gasteiger partial charge in [-0.2, -0.15) is 0 Å². The Morgan fingerprint density at radius 2 is 1.72 bits per heavy atom. The third kappa shape index (κ3) is 2.92. The topological polar surface area (TPSA) is 46.2 Å². The van der Waals surface area contributed by atoms with Crippen molar-refractivity contribution in [2.45, 2.75) is 18.9 Å². The summed E-state index contributed by atoms with van der Waals surface area (Å²) in [5.74, 6) is 0.276. The lowest BCUT2D eigenvalue weighted by molar-refractivity contribution is 0.471. The summed E-state index contributed by atoms with van der Waals surface area (Å²) >= 11 is 3.54. The molecule has 0 aliphatic rings. The summed E-state index contributed by atoms with van der Waals surface area (Å²) in [6.07, 6.45) is 0.718. The van der Waals surface area contributed by atoms with Gasteiger partial charge in [0.15, 0.2) is 0 Å². The highest BCUT2D eigenvalue weighted by molar-refractivity contribution is 9.10. The molecular formula is C15H16BrNO.